The van der Waals surface area contributed by atoms with Crippen LogP contribution < -0.4 is 0 Å². The lowest BCUT2D eigenvalue weighted by Gasteiger charge is -2.45. The molecule has 208 valence electrons. The van der Waals surface area contributed by atoms with E-state index in [0.29, 0.717) is 26.4 Å². The molecule has 0 radical (unpaired) electrons. The van der Waals surface area contributed by atoms with Crippen LogP contribution in [0.25, 0.3) is 0 Å². The molecule has 0 unspecified atom stereocenters. The summed E-state index contributed by atoms with van der Waals surface area (Å²) in [5.74, 6) is 0.487. The van der Waals surface area contributed by atoms with E-state index in [1.54, 1.807) is 11.8 Å². The number of ether oxygens (including phenoxy) is 5. The first kappa shape index (κ1) is 29.3. The maximum atomic E-state index is 12.2. The second kappa shape index (κ2) is 15.8. The molecule has 1 aliphatic heterocycles. The first-order valence-corrected chi connectivity index (χ1v) is 14.6. The normalized spacial score (nSPS) is 22.9. The summed E-state index contributed by atoms with van der Waals surface area (Å²) in [6.45, 7) is 5.04. The van der Waals surface area contributed by atoms with Crippen molar-refractivity contribution in [3.05, 3.63) is 108 Å². The second-order valence-corrected chi connectivity index (χ2v) is 10.7. The molecule has 1 saturated heterocycles. The summed E-state index contributed by atoms with van der Waals surface area (Å²) >= 11 is 1.63. The van der Waals surface area contributed by atoms with E-state index in [0.717, 1.165) is 28.9 Å². The topological polar surface area (TPSA) is 63.2 Å². The molecule has 1 fully saturated rings. The van der Waals surface area contributed by atoms with Crippen LogP contribution in [0.1, 0.15) is 37.0 Å². The van der Waals surface area contributed by atoms with Crippen molar-refractivity contribution in [3.8, 4) is 0 Å². The van der Waals surface area contributed by atoms with Crippen LogP contribution in [0.2, 0.25) is 0 Å². The molecule has 1 heterocycles. The number of carbonyl (C=O) groups excluding carboxylic acids is 1. The maximum absolute atomic E-state index is 12.2. The molecule has 7 heteroatoms. The van der Waals surface area contributed by atoms with Crippen LogP contribution in [0.5, 0.6) is 0 Å². The van der Waals surface area contributed by atoms with Crippen molar-refractivity contribution in [2.24, 2.45) is 0 Å². The lowest BCUT2D eigenvalue weighted by molar-refractivity contribution is -0.249. The molecule has 0 amide bonds. The van der Waals surface area contributed by atoms with E-state index in [2.05, 4.69) is 6.92 Å². The van der Waals surface area contributed by atoms with Crippen LogP contribution in [0.4, 0.5) is 0 Å². The van der Waals surface area contributed by atoms with Crippen LogP contribution in [0.3, 0.4) is 0 Å². The van der Waals surface area contributed by atoms with Gasteiger partial charge in [0.05, 0.1) is 26.4 Å². The Morgan fingerprint density at radius 1 is 0.744 bits per heavy atom. The monoisotopic (exact) mass is 550 g/mol. The smallest absolute Gasteiger partial charge is 0.303 e. The van der Waals surface area contributed by atoms with Gasteiger partial charge >= 0.3 is 5.97 Å². The van der Waals surface area contributed by atoms with Gasteiger partial charge in [-0.25, -0.2) is 0 Å². The van der Waals surface area contributed by atoms with E-state index in [1.165, 1.54) is 6.92 Å². The Morgan fingerprint density at radius 2 is 1.26 bits per heavy atom. The van der Waals surface area contributed by atoms with E-state index < -0.39 is 29.9 Å². The Morgan fingerprint density at radius 3 is 1.77 bits per heavy atom. The average molecular weight is 551 g/mol. The van der Waals surface area contributed by atoms with Crippen molar-refractivity contribution >= 4 is 17.7 Å². The number of benzene rings is 3. The van der Waals surface area contributed by atoms with Gasteiger partial charge in [-0.15, -0.1) is 11.8 Å². The summed E-state index contributed by atoms with van der Waals surface area (Å²) in [7, 11) is 0. The molecule has 4 rings (SSSR count). The Hall–Kier alpha value is -2.68. The zero-order valence-electron chi connectivity index (χ0n) is 22.6. The molecule has 5 atom stereocenters. The van der Waals surface area contributed by atoms with Gasteiger partial charge in [0.1, 0.15) is 23.7 Å². The van der Waals surface area contributed by atoms with E-state index in [9.17, 15) is 4.79 Å². The summed E-state index contributed by atoms with van der Waals surface area (Å²) in [5.41, 5.74) is 2.75. The molecule has 3 aromatic carbocycles. The van der Waals surface area contributed by atoms with Gasteiger partial charge in [0.25, 0.3) is 0 Å². The van der Waals surface area contributed by atoms with E-state index in [4.69, 9.17) is 23.7 Å². The lowest BCUT2D eigenvalue weighted by Crippen LogP contribution is -2.60. The molecule has 3 aromatic rings. The quantitative estimate of drug-likeness (QED) is 0.222. The van der Waals surface area contributed by atoms with Gasteiger partial charge in [-0.2, -0.15) is 0 Å². The highest BCUT2D eigenvalue weighted by molar-refractivity contribution is 7.99. The van der Waals surface area contributed by atoms with Gasteiger partial charge in [-0.05, 0) is 28.9 Å². The predicted molar refractivity (Wildman–Crippen MR) is 153 cm³/mol. The molecule has 0 spiro atoms. The van der Waals surface area contributed by atoms with Crippen molar-refractivity contribution in [2.75, 3.05) is 12.4 Å². The third kappa shape index (κ3) is 9.19. The standard InChI is InChI=1S/C32H38O6S/c1-3-19-39-32-31(37-24(2)33)30(36-22-27-17-11-6-12-18-27)29(35-21-26-15-9-5-10-16-26)28(38-32)23-34-20-25-13-7-4-8-14-25/h4-18,28-32H,3,19-23H2,1-2H3/t28-,29+,30+,31-,32-/m1/s1. The van der Waals surface area contributed by atoms with Gasteiger partial charge in [0.2, 0.25) is 0 Å². The minimum Gasteiger partial charge on any atom is -0.456 e. The minimum absolute atomic E-state index is 0.315. The third-order valence-electron chi connectivity index (χ3n) is 6.34. The number of carbonyl (C=O) groups is 1. The van der Waals surface area contributed by atoms with Crippen LogP contribution in [0.15, 0.2) is 91.0 Å². The highest BCUT2D eigenvalue weighted by Gasteiger charge is 2.49. The van der Waals surface area contributed by atoms with E-state index in [-0.39, 0.29) is 5.97 Å². The first-order valence-electron chi connectivity index (χ1n) is 13.5. The van der Waals surface area contributed by atoms with Gasteiger partial charge in [-0.3, -0.25) is 4.79 Å². The summed E-state index contributed by atoms with van der Waals surface area (Å²) < 4.78 is 31.7. The van der Waals surface area contributed by atoms with Crippen LogP contribution in [0, 0.1) is 0 Å². The predicted octanol–water partition coefficient (Wildman–Crippen LogP) is 6.17. The third-order valence-corrected chi connectivity index (χ3v) is 7.70. The Bertz CT molecular complexity index is 1100. The number of hydrogen-bond donors (Lipinski definition) is 0. The fourth-order valence-electron chi connectivity index (χ4n) is 4.49. The summed E-state index contributed by atoms with van der Waals surface area (Å²) in [4.78, 5) is 12.2. The van der Waals surface area contributed by atoms with Crippen molar-refractivity contribution in [2.45, 2.75) is 69.9 Å². The number of esters is 1. The Kier molecular flexibility index (Phi) is 11.9. The summed E-state index contributed by atoms with van der Waals surface area (Å²) in [5, 5.41) is 0. The zero-order valence-corrected chi connectivity index (χ0v) is 23.5. The highest BCUT2D eigenvalue weighted by Crippen LogP contribution is 2.35. The number of rotatable bonds is 14. The van der Waals surface area contributed by atoms with Crippen molar-refractivity contribution in [3.63, 3.8) is 0 Å². The van der Waals surface area contributed by atoms with Crippen molar-refractivity contribution in [1.82, 2.24) is 0 Å². The van der Waals surface area contributed by atoms with Gasteiger partial charge in [0, 0.05) is 6.92 Å². The van der Waals surface area contributed by atoms with Crippen molar-refractivity contribution < 1.29 is 28.5 Å². The molecule has 0 aliphatic carbocycles. The number of thioether (sulfide) groups is 1. The van der Waals surface area contributed by atoms with E-state index in [1.807, 2.05) is 91.0 Å². The molecule has 39 heavy (non-hydrogen) atoms. The molecule has 0 saturated carbocycles. The SMILES string of the molecule is CCCS[C@H]1O[C@H](COCc2ccccc2)[C@H](OCc2ccccc2)[C@H](OCc2ccccc2)[C@H]1OC(C)=O. The number of hydrogen-bond acceptors (Lipinski definition) is 7. The second-order valence-electron chi connectivity index (χ2n) is 9.51. The molecular weight excluding hydrogens is 512 g/mol. The van der Waals surface area contributed by atoms with Gasteiger partial charge in [-0.1, -0.05) is 97.9 Å². The molecular formula is C32H38O6S. The maximum Gasteiger partial charge on any atom is 0.303 e. The summed E-state index contributed by atoms with van der Waals surface area (Å²) in [6, 6.07) is 30.0. The fourth-order valence-corrected chi connectivity index (χ4v) is 5.58. The van der Waals surface area contributed by atoms with Crippen molar-refractivity contribution in [1.29, 1.82) is 0 Å². The van der Waals surface area contributed by atoms with E-state index >= 15 is 0 Å². The van der Waals surface area contributed by atoms with Crippen LogP contribution in [-0.2, 0) is 48.3 Å². The largest absolute Gasteiger partial charge is 0.456 e. The molecule has 0 bridgehead atoms. The average Bonchev–Trinajstić information content (AvgIpc) is 2.96. The molecule has 6 nitrogen and oxygen atoms in total. The Balaban J connectivity index is 1.59. The lowest BCUT2D eigenvalue weighted by atomic mass is 9.99. The highest BCUT2D eigenvalue weighted by atomic mass is 32.2. The van der Waals surface area contributed by atoms with Crippen LogP contribution >= 0.6 is 11.8 Å². The molecule has 0 aromatic heterocycles. The van der Waals surface area contributed by atoms with Gasteiger partial charge in [0.15, 0.2) is 6.10 Å². The van der Waals surface area contributed by atoms with Crippen LogP contribution in [-0.4, -0.2) is 48.2 Å². The first-order chi connectivity index (χ1) is 19.1. The van der Waals surface area contributed by atoms with Gasteiger partial charge < -0.3 is 23.7 Å². The summed E-state index contributed by atoms with van der Waals surface area (Å²) in [6.07, 6.45) is -1.15. The molecule has 0 N–H and O–H groups in total. The minimum atomic E-state index is -0.631. The zero-order chi connectivity index (χ0) is 27.3. The molecule has 1 aliphatic rings. The Labute approximate surface area is 236 Å². The fraction of sp³-hybridized carbons (Fsp3) is 0.406.